The molecule has 0 amide bonds. The molecule has 1 atom stereocenters. The summed E-state index contributed by atoms with van der Waals surface area (Å²) in [6, 6.07) is 4.32. The van der Waals surface area contributed by atoms with Crippen molar-refractivity contribution in [1.29, 1.82) is 0 Å². The lowest BCUT2D eigenvalue weighted by molar-refractivity contribution is -0.138. The summed E-state index contributed by atoms with van der Waals surface area (Å²) >= 11 is 3.09. The first kappa shape index (κ1) is 14.8. The van der Waals surface area contributed by atoms with Crippen LogP contribution in [0.4, 0.5) is 13.2 Å². The largest absolute Gasteiger partial charge is 0.416 e. The second-order valence-electron chi connectivity index (χ2n) is 4.68. The van der Waals surface area contributed by atoms with E-state index >= 15 is 0 Å². The molecule has 1 aromatic rings. The highest BCUT2D eigenvalue weighted by Crippen LogP contribution is 2.34. The van der Waals surface area contributed by atoms with Crippen molar-refractivity contribution in [1.82, 2.24) is 4.90 Å². The number of alkyl halides is 3. The fourth-order valence-electron chi connectivity index (χ4n) is 2.32. The number of hydrogen-bond acceptors (Lipinski definition) is 2. The van der Waals surface area contributed by atoms with Gasteiger partial charge in [-0.3, -0.25) is 4.90 Å². The van der Waals surface area contributed by atoms with Crippen LogP contribution in [0.1, 0.15) is 17.5 Å². The van der Waals surface area contributed by atoms with Crippen molar-refractivity contribution in [2.75, 3.05) is 20.2 Å². The van der Waals surface area contributed by atoms with E-state index in [4.69, 9.17) is 4.74 Å². The second kappa shape index (κ2) is 5.81. The number of likely N-dealkylation sites (tertiary alicyclic amines) is 1. The standard InChI is InChI=1S/C13H15BrF3NO/c1-19-11-4-5-18(8-11)7-9-2-3-10(14)6-12(9)13(15,16)17/h2-3,6,11H,4-5,7-8H2,1H3. The Bertz CT molecular complexity index is 450. The number of ether oxygens (including phenoxy) is 1. The third-order valence-electron chi connectivity index (χ3n) is 3.33. The van der Waals surface area contributed by atoms with E-state index in [1.807, 2.05) is 4.90 Å². The van der Waals surface area contributed by atoms with Gasteiger partial charge in [-0.1, -0.05) is 22.0 Å². The van der Waals surface area contributed by atoms with E-state index in [2.05, 4.69) is 15.9 Å². The lowest BCUT2D eigenvalue weighted by Gasteiger charge is -2.19. The van der Waals surface area contributed by atoms with E-state index < -0.39 is 11.7 Å². The molecule has 6 heteroatoms. The van der Waals surface area contributed by atoms with Gasteiger partial charge in [0.1, 0.15) is 0 Å². The number of nitrogens with zero attached hydrogens (tertiary/aromatic N) is 1. The van der Waals surface area contributed by atoms with E-state index in [0.717, 1.165) is 19.0 Å². The summed E-state index contributed by atoms with van der Waals surface area (Å²) in [5.74, 6) is 0. The number of methoxy groups -OCH3 is 1. The van der Waals surface area contributed by atoms with Crippen molar-refractivity contribution in [3.63, 3.8) is 0 Å². The molecule has 106 valence electrons. The third-order valence-corrected chi connectivity index (χ3v) is 3.83. The molecule has 0 aliphatic carbocycles. The maximum absolute atomic E-state index is 13.0. The molecular formula is C13H15BrF3NO. The number of halogens is 4. The maximum atomic E-state index is 13.0. The average Bonchev–Trinajstić information content (AvgIpc) is 2.78. The van der Waals surface area contributed by atoms with Gasteiger partial charge >= 0.3 is 6.18 Å². The molecule has 1 aliphatic heterocycles. The first-order valence-corrected chi connectivity index (χ1v) is 6.80. The fraction of sp³-hybridized carbons (Fsp3) is 0.538. The third kappa shape index (κ3) is 3.70. The predicted octanol–water partition coefficient (Wildman–Crippen LogP) is 3.69. The Hall–Kier alpha value is -0.590. The highest BCUT2D eigenvalue weighted by Gasteiger charge is 2.34. The van der Waals surface area contributed by atoms with Gasteiger partial charge in [0.25, 0.3) is 0 Å². The molecule has 19 heavy (non-hydrogen) atoms. The fourth-order valence-corrected chi connectivity index (χ4v) is 2.69. The number of hydrogen-bond donors (Lipinski definition) is 0. The Balaban J connectivity index is 2.16. The summed E-state index contributed by atoms with van der Waals surface area (Å²) in [6.45, 7) is 1.76. The lowest BCUT2D eigenvalue weighted by Crippen LogP contribution is -2.24. The minimum atomic E-state index is -4.32. The van der Waals surface area contributed by atoms with Crippen LogP contribution in [-0.2, 0) is 17.5 Å². The molecule has 1 aromatic carbocycles. The number of benzene rings is 1. The molecule has 1 unspecified atom stereocenters. The first-order chi connectivity index (χ1) is 8.90. The smallest absolute Gasteiger partial charge is 0.380 e. The van der Waals surface area contributed by atoms with Crippen molar-refractivity contribution in [3.05, 3.63) is 33.8 Å². The van der Waals surface area contributed by atoms with E-state index in [0.29, 0.717) is 23.1 Å². The van der Waals surface area contributed by atoms with Crippen LogP contribution < -0.4 is 0 Å². The summed E-state index contributed by atoms with van der Waals surface area (Å²) in [5, 5.41) is 0. The van der Waals surface area contributed by atoms with Crippen LogP contribution in [-0.4, -0.2) is 31.2 Å². The maximum Gasteiger partial charge on any atom is 0.416 e. The number of rotatable bonds is 3. The van der Waals surface area contributed by atoms with Crippen LogP contribution in [0, 0.1) is 0 Å². The molecule has 0 radical (unpaired) electrons. The molecule has 0 saturated carbocycles. The predicted molar refractivity (Wildman–Crippen MR) is 69.8 cm³/mol. The van der Waals surface area contributed by atoms with Gasteiger partial charge in [0.15, 0.2) is 0 Å². The van der Waals surface area contributed by atoms with Gasteiger partial charge in [-0.15, -0.1) is 0 Å². The Labute approximate surface area is 118 Å². The average molecular weight is 338 g/mol. The van der Waals surface area contributed by atoms with Crippen LogP contribution in [0.15, 0.2) is 22.7 Å². The van der Waals surface area contributed by atoms with E-state index in [1.54, 1.807) is 13.2 Å². The lowest BCUT2D eigenvalue weighted by atomic mass is 10.1. The molecule has 0 spiro atoms. The highest BCUT2D eigenvalue weighted by molar-refractivity contribution is 9.10. The van der Waals surface area contributed by atoms with E-state index in [9.17, 15) is 13.2 Å². The molecule has 0 bridgehead atoms. The van der Waals surface area contributed by atoms with Crippen LogP contribution >= 0.6 is 15.9 Å². The monoisotopic (exact) mass is 337 g/mol. The van der Waals surface area contributed by atoms with Gasteiger partial charge in [-0.25, -0.2) is 0 Å². The van der Waals surface area contributed by atoms with Crippen molar-refractivity contribution >= 4 is 15.9 Å². The summed E-state index contributed by atoms with van der Waals surface area (Å²) in [7, 11) is 1.63. The van der Waals surface area contributed by atoms with Gasteiger partial charge in [0.2, 0.25) is 0 Å². The molecule has 0 N–H and O–H groups in total. The van der Waals surface area contributed by atoms with Gasteiger partial charge < -0.3 is 4.74 Å². The highest BCUT2D eigenvalue weighted by atomic mass is 79.9. The SMILES string of the molecule is COC1CCN(Cc2ccc(Br)cc2C(F)(F)F)C1. The van der Waals surface area contributed by atoms with E-state index in [1.165, 1.54) is 6.07 Å². The summed E-state index contributed by atoms with van der Waals surface area (Å²) in [4.78, 5) is 1.99. The summed E-state index contributed by atoms with van der Waals surface area (Å²) < 4.78 is 44.6. The normalized spacial score (nSPS) is 21.0. The van der Waals surface area contributed by atoms with Crippen LogP contribution in [0.2, 0.25) is 0 Å². The van der Waals surface area contributed by atoms with Crippen LogP contribution in [0.5, 0.6) is 0 Å². The quantitative estimate of drug-likeness (QED) is 0.834. The minimum Gasteiger partial charge on any atom is -0.380 e. The molecule has 2 rings (SSSR count). The van der Waals surface area contributed by atoms with Gasteiger partial charge in [-0.2, -0.15) is 13.2 Å². The zero-order valence-corrected chi connectivity index (χ0v) is 12.1. The van der Waals surface area contributed by atoms with Gasteiger partial charge in [-0.05, 0) is 24.1 Å². The summed E-state index contributed by atoms with van der Waals surface area (Å²) in [6.07, 6.45) is -3.32. The zero-order chi connectivity index (χ0) is 14.0. The van der Waals surface area contributed by atoms with Crippen LogP contribution in [0.25, 0.3) is 0 Å². The Morgan fingerprint density at radius 3 is 2.74 bits per heavy atom. The first-order valence-electron chi connectivity index (χ1n) is 6.01. The Morgan fingerprint density at radius 2 is 2.16 bits per heavy atom. The molecule has 2 nitrogen and oxygen atoms in total. The zero-order valence-electron chi connectivity index (χ0n) is 10.5. The van der Waals surface area contributed by atoms with Crippen molar-refractivity contribution in [2.45, 2.75) is 25.2 Å². The van der Waals surface area contributed by atoms with Gasteiger partial charge in [0, 0.05) is 31.2 Å². The molecule has 1 fully saturated rings. The summed E-state index contributed by atoms with van der Waals surface area (Å²) in [5.41, 5.74) is -0.254. The molecule has 1 heterocycles. The molecule has 1 saturated heterocycles. The topological polar surface area (TPSA) is 12.5 Å². The van der Waals surface area contributed by atoms with Crippen molar-refractivity contribution < 1.29 is 17.9 Å². The minimum absolute atomic E-state index is 0.129. The van der Waals surface area contributed by atoms with E-state index in [-0.39, 0.29) is 6.10 Å². The van der Waals surface area contributed by atoms with Gasteiger partial charge in [0.05, 0.1) is 11.7 Å². The second-order valence-corrected chi connectivity index (χ2v) is 5.60. The van der Waals surface area contributed by atoms with Crippen LogP contribution in [0.3, 0.4) is 0 Å². The van der Waals surface area contributed by atoms with Crippen molar-refractivity contribution in [2.24, 2.45) is 0 Å². The Kier molecular flexibility index (Phi) is 4.53. The van der Waals surface area contributed by atoms with Crippen molar-refractivity contribution in [3.8, 4) is 0 Å². The molecule has 1 aliphatic rings. The molecular weight excluding hydrogens is 323 g/mol. The Morgan fingerprint density at radius 1 is 1.42 bits per heavy atom. The molecule has 0 aromatic heterocycles.